The van der Waals surface area contributed by atoms with Gasteiger partial charge in [0.25, 0.3) is 0 Å². The van der Waals surface area contributed by atoms with Crippen LogP contribution in [0.3, 0.4) is 0 Å². The van der Waals surface area contributed by atoms with E-state index in [9.17, 15) is 9.59 Å². The van der Waals surface area contributed by atoms with E-state index in [0.29, 0.717) is 13.1 Å². The molecule has 1 aliphatic heterocycles. The summed E-state index contributed by atoms with van der Waals surface area (Å²) >= 11 is 0. The van der Waals surface area contributed by atoms with Crippen LogP contribution in [0.25, 0.3) is 0 Å². The molecule has 0 aromatic heterocycles. The zero-order valence-electron chi connectivity index (χ0n) is 10.6. The minimum atomic E-state index is -0.845. The molecule has 2 fully saturated rings. The van der Waals surface area contributed by atoms with Gasteiger partial charge in [-0.1, -0.05) is 13.8 Å². The summed E-state index contributed by atoms with van der Waals surface area (Å²) in [5.41, 5.74) is -0.383. The first-order valence-electron chi connectivity index (χ1n) is 6.06. The van der Waals surface area contributed by atoms with Crippen molar-refractivity contribution in [2.24, 2.45) is 17.3 Å². The molecule has 1 heterocycles. The van der Waals surface area contributed by atoms with Crippen molar-refractivity contribution in [1.29, 1.82) is 0 Å². The summed E-state index contributed by atoms with van der Waals surface area (Å²) in [6.45, 7) is 6.91. The van der Waals surface area contributed by atoms with Gasteiger partial charge < -0.3 is 14.9 Å². The second kappa shape index (κ2) is 3.98. The molecule has 0 aromatic rings. The molecule has 2 aliphatic rings. The van der Waals surface area contributed by atoms with E-state index in [1.54, 1.807) is 0 Å². The molecule has 0 aromatic carbocycles. The third-order valence-corrected chi connectivity index (χ3v) is 4.17. The van der Waals surface area contributed by atoms with Gasteiger partial charge in [0.2, 0.25) is 5.91 Å². The average Bonchev–Trinajstić information content (AvgIpc) is 2.82. The Morgan fingerprint density at radius 1 is 1.12 bits per heavy atom. The Kier molecular flexibility index (Phi) is 2.89. The predicted octanol–water partition coefficient (Wildman–Crippen LogP) is 0.117. The highest BCUT2D eigenvalue weighted by Gasteiger charge is 2.66. The van der Waals surface area contributed by atoms with Gasteiger partial charge in [-0.3, -0.25) is 9.59 Å². The summed E-state index contributed by atoms with van der Waals surface area (Å²) in [6, 6.07) is 0. The van der Waals surface area contributed by atoms with Gasteiger partial charge in [0.05, 0.1) is 11.8 Å². The molecule has 1 saturated carbocycles. The van der Waals surface area contributed by atoms with E-state index in [1.165, 1.54) is 0 Å². The molecule has 2 unspecified atom stereocenters. The number of nitrogens with zero attached hydrogens (tertiary/aromatic N) is 2. The van der Waals surface area contributed by atoms with Crippen LogP contribution in [0.4, 0.5) is 0 Å². The first-order valence-corrected chi connectivity index (χ1v) is 6.06. The lowest BCUT2D eigenvalue weighted by atomic mass is 10.1. The first-order chi connectivity index (χ1) is 7.85. The normalized spacial score (nSPS) is 32.3. The van der Waals surface area contributed by atoms with Crippen LogP contribution in [0.5, 0.6) is 0 Å². The number of rotatable bonds is 2. The van der Waals surface area contributed by atoms with Gasteiger partial charge in [0, 0.05) is 26.2 Å². The van der Waals surface area contributed by atoms with E-state index in [1.807, 2.05) is 25.8 Å². The van der Waals surface area contributed by atoms with Crippen LogP contribution in [-0.4, -0.2) is 60.0 Å². The molecular weight excluding hydrogens is 220 g/mol. The minimum Gasteiger partial charge on any atom is -0.481 e. The zero-order valence-corrected chi connectivity index (χ0v) is 10.6. The molecule has 17 heavy (non-hydrogen) atoms. The highest BCUT2D eigenvalue weighted by molar-refractivity contribution is 5.91. The summed E-state index contributed by atoms with van der Waals surface area (Å²) in [5.74, 6) is -1.66. The zero-order chi connectivity index (χ0) is 12.8. The predicted molar refractivity (Wildman–Crippen MR) is 62.5 cm³/mol. The Labute approximate surface area is 101 Å². The Morgan fingerprint density at radius 2 is 1.65 bits per heavy atom. The Bertz CT molecular complexity index is 346. The Balaban J connectivity index is 2.00. The van der Waals surface area contributed by atoms with Gasteiger partial charge in [-0.25, -0.2) is 0 Å². The van der Waals surface area contributed by atoms with Gasteiger partial charge in [-0.2, -0.15) is 0 Å². The SMILES string of the molecule is CN1CCN(C(=O)C2C(C(=O)O)C2(C)C)CC1. The van der Waals surface area contributed by atoms with Crippen LogP contribution >= 0.6 is 0 Å². The maximum atomic E-state index is 12.2. The highest BCUT2D eigenvalue weighted by atomic mass is 16.4. The lowest BCUT2D eigenvalue weighted by molar-refractivity contribution is -0.142. The van der Waals surface area contributed by atoms with Crippen LogP contribution < -0.4 is 0 Å². The Hall–Kier alpha value is -1.10. The van der Waals surface area contributed by atoms with Crippen LogP contribution in [0, 0.1) is 17.3 Å². The number of carbonyl (C=O) groups is 2. The molecule has 5 heteroatoms. The summed E-state index contributed by atoms with van der Waals surface area (Å²) in [5, 5.41) is 9.07. The summed E-state index contributed by atoms with van der Waals surface area (Å²) in [7, 11) is 2.03. The van der Waals surface area contributed by atoms with Gasteiger partial charge in [-0.15, -0.1) is 0 Å². The highest BCUT2D eigenvalue weighted by Crippen LogP contribution is 2.59. The van der Waals surface area contributed by atoms with E-state index in [4.69, 9.17) is 5.11 Å². The number of carbonyl (C=O) groups excluding carboxylic acids is 1. The minimum absolute atomic E-state index is 0.0236. The molecule has 2 atom stereocenters. The lowest BCUT2D eigenvalue weighted by Gasteiger charge is -2.32. The van der Waals surface area contributed by atoms with E-state index in [-0.39, 0.29) is 17.2 Å². The number of piperazine rings is 1. The smallest absolute Gasteiger partial charge is 0.307 e. The Morgan fingerprint density at radius 3 is 2.06 bits per heavy atom. The van der Waals surface area contributed by atoms with E-state index < -0.39 is 11.9 Å². The summed E-state index contributed by atoms with van der Waals surface area (Å²) in [6.07, 6.45) is 0. The fourth-order valence-corrected chi connectivity index (χ4v) is 2.78. The largest absolute Gasteiger partial charge is 0.481 e. The first kappa shape index (κ1) is 12.4. The van der Waals surface area contributed by atoms with Gasteiger partial charge in [-0.05, 0) is 12.5 Å². The molecule has 1 N–H and O–H groups in total. The molecule has 1 aliphatic carbocycles. The summed E-state index contributed by atoms with van der Waals surface area (Å²) < 4.78 is 0. The van der Waals surface area contributed by atoms with Crippen molar-refractivity contribution in [1.82, 2.24) is 9.80 Å². The van der Waals surface area contributed by atoms with Crippen LogP contribution in [0.2, 0.25) is 0 Å². The number of hydrogen-bond donors (Lipinski definition) is 1. The molecule has 2 rings (SSSR count). The lowest BCUT2D eigenvalue weighted by Crippen LogP contribution is -2.48. The topological polar surface area (TPSA) is 60.9 Å². The second-order valence-corrected chi connectivity index (χ2v) is 5.74. The molecule has 0 spiro atoms. The molecule has 0 bridgehead atoms. The molecule has 0 radical (unpaired) electrons. The number of carboxylic acid groups (broad SMARTS) is 1. The number of aliphatic carboxylic acids is 1. The standard InChI is InChI=1S/C12H20N2O3/c1-12(2)8(9(12)11(16)17)10(15)14-6-4-13(3)5-7-14/h8-9H,4-7H2,1-3H3,(H,16,17). The van der Waals surface area contributed by atoms with Crippen molar-refractivity contribution in [3.8, 4) is 0 Å². The van der Waals surface area contributed by atoms with Gasteiger partial charge in [0.1, 0.15) is 0 Å². The van der Waals surface area contributed by atoms with E-state index in [2.05, 4.69) is 4.90 Å². The van der Waals surface area contributed by atoms with Crippen molar-refractivity contribution < 1.29 is 14.7 Å². The summed E-state index contributed by atoms with van der Waals surface area (Å²) in [4.78, 5) is 27.3. The maximum absolute atomic E-state index is 12.2. The van der Waals surface area contributed by atoms with Crippen molar-refractivity contribution >= 4 is 11.9 Å². The van der Waals surface area contributed by atoms with Crippen molar-refractivity contribution in [2.45, 2.75) is 13.8 Å². The fraction of sp³-hybridized carbons (Fsp3) is 0.833. The third kappa shape index (κ3) is 2.04. The number of hydrogen-bond acceptors (Lipinski definition) is 3. The molecule has 1 saturated heterocycles. The molecule has 1 amide bonds. The fourth-order valence-electron chi connectivity index (χ4n) is 2.78. The number of carboxylic acids is 1. The molecule has 96 valence electrons. The molecular formula is C12H20N2O3. The molecule has 5 nitrogen and oxygen atoms in total. The third-order valence-electron chi connectivity index (χ3n) is 4.17. The number of likely N-dealkylation sites (N-methyl/N-ethyl adjacent to an activating group) is 1. The quantitative estimate of drug-likeness (QED) is 0.744. The average molecular weight is 240 g/mol. The second-order valence-electron chi connectivity index (χ2n) is 5.74. The van der Waals surface area contributed by atoms with Crippen molar-refractivity contribution in [3.63, 3.8) is 0 Å². The van der Waals surface area contributed by atoms with Crippen LogP contribution in [-0.2, 0) is 9.59 Å². The van der Waals surface area contributed by atoms with Crippen molar-refractivity contribution in [2.75, 3.05) is 33.2 Å². The van der Waals surface area contributed by atoms with E-state index in [0.717, 1.165) is 13.1 Å². The van der Waals surface area contributed by atoms with Crippen LogP contribution in [0.1, 0.15) is 13.8 Å². The van der Waals surface area contributed by atoms with Crippen LogP contribution in [0.15, 0.2) is 0 Å². The monoisotopic (exact) mass is 240 g/mol. The van der Waals surface area contributed by atoms with Gasteiger partial charge in [0.15, 0.2) is 0 Å². The number of amides is 1. The van der Waals surface area contributed by atoms with Gasteiger partial charge >= 0.3 is 5.97 Å². The van der Waals surface area contributed by atoms with E-state index >= 15 is 0 Å². The maximum Gasteiger partial charge on any atom is 0.307 e. The van der Waals surface area contributed by atoms with Crippen molar-refractivity contribution in [3.05, 3.63) is 0 Å².